The second-order valence-electron chi connectivity index (χ2n) is 9.35. The average molecular weight is 424 g/mol. The molecular formula is C24H41NO5. The van der Waals surface area contributed by atoms with Crippen molar-refractivity contribution in [3.8, 4) is 0 Å². The number of carbonyl (C=O) groups is 2. The number of aliphatic carboxylic acids is 1. The summed E-state index contributed by atoms with van der Waals surface area (Å²) in [6.07, 6.45) is 8.92. The highest BCUT2D eigenvalue weighted by atomic mass is 16.5. The summed E-state index contributed by atoms with van der Waals surface area (Å²) in [6.45, 7) is 4.73. The Bertz CT molecular complexity index is 645. The van der Waals surface area contributed by atoms with Gasteiger partial charge in [-0.05, 0) is 37.8 Å². The molecule has 0 saturated carbocycles. The fraction of sp³-hybridized carbons (Fsp3) is 0.750. The lowest BCUT2D eigenvalue weighted by Crippen LogP contribution is -2.45. The van der Waals surface area contributed by atoms with Crippen molar-refractivity contribution in [2.75, 3.05) is 27.7 Å². The van der Waals surface area contributed by atoms with Crippen LogP contribution in [0.5, 0.6) is 0 Å². The van der Waals surface area contributed by atoms with Crippen molar-refractivity contribution in [2.45, 2.75) is 90.6 Å². The lowest BCUT2D eigenvalue weighted by Gasteiger charge is -2.29. The Labute approximate surface area is 182 Å². The van der Waals surface area contributed by atoms with Gasteiger partial charge in [0.15, 0.2) is 6.10 Å². The number of carbonyl (C=O) groups excluding carboxylic acids is 2. The molecule has 0 spiro atoms. The zero-order chi connectivity index (χ0) is 22.6. The molecule has 0 saturated heterocycles. The molecule has 172 valence electrons. The standard InChI is InChI=1S/C24H41NO5/c1-6-7-8-9-10-13-20-16-19(2)22(29-20)14-11-12-15-24(28)30-21(17-23(26)27)18-25(3,4)5/h16,21H,6-15,17-18H2,1-5H3. The summed E-state index contributed by atoms with van der Waals surface area (Å²) in [4.78, 5) is 23.1. The molecule has 0 aromatic carbocycles. The first-order chi connectivity index (χ1) is 14.1. The molecule has 0 aliphatic carbocycles. The molecule has 1 aromatic heterocycles. The van der Waals surface area contributed by atoms with Crippen LogP contribution in [0.15, 0.2) is 10.5 Å². The molecule has 1 unspecified atom stereocenters. The van der Waals surface area contributed by atoms with Gasteiger partial charge in [0.25, 0.3) is 0 Å². The summed E-state index contributed by atoms with van der Waals surface area (Å²) in [7, 11) is 5.80. The number of rotatable bonds is 16. The Kier molecular flexibility index (Phi) is 11.8. The van der Waals surface area contributed by atoms with Crippen LogP contribution in [0, 0.1) is 6.92 Å². The van der Waals surface area contributed by atoms with Crippen LogP contribution in [0.25, 0.3) is 0 Å². The molecule has 0 amide bonds. The van der Waals surface area contributed by atoms with E-state index < -0.39 is 12.1 Å². The SMILES string of the molecule is CCCCCCCc1cc(C)c(CCCCC(=O)OC(CC(=O)[O-])C[N+](C)(C)C)o1. The van der Waals surface area contributed by atoms with E-state index in [1.165, 1.54) is 37.7 Å². The summed E-state index contributed by atoms with van der Waals surface area (Å²) < 4.78 is 11.9. The van der Waals surface area contributed by atoms with E-state index >= 15 is 0 Å². The van der Waals surface area contributed by atoms with E-state index in [1.54, 1.807) is 0 Å². The molecule has 1 atom stereocenters. The number of hydrogen-bond acceptors (Lipinski definition) is 5. The topological polar surface area (TPSA) is 79.6 Å². The highest BCUT2D eigenvalue weighted by Crippen LogP contribution is 2.20. The maximum Gasteiger partial charge on any atom is 0.306 e. The largest absolute Gasteiger partial charge is 0.550 e. The van der Waals surface area contributed by atoms with Crippen LogP contribution in [-0.2, 0) is 27.2 Å². The molecule has 6 heteroatoms. The number of ether oxygens (including phenoxy) is 1. The maximum atomic E-state index is 12.1. The van der Waals surface area contributed by atoms with Crippen molar-refractivity contribution in [2.24, 2.45) is 0 Å². The second-order valence-corrected chi connectivity index (χ2v) is 9.35. The summed E-state index contributed by atoms with van der Waals surface area (Å²) in [5, 5.41) is 10.9. The van der Waals surface area contributed by atoms with Crippen LogP contribution >= 0.6 is 0 Å². The molecule has 0 fully saturated rings. The zero-order valence-electron chi connectivity index (χ0n) is 19.6. The second kappa shape index (κ2) is 13.5. The van der Waals surface area contributed by atoms with Crippen molar-refractivity contribution in [3.63, 3.8) is 0 Å². The van der Waals surface area contributed by atoms with E-state index in [1.807, 2.05) is 21.1 Å². The highest BCUT2D eigenvalue weighted by molar-refractivity contribution is 5.70. The van der Waals surface area contributed by atoms with E-state index in [0.717, 1.165) is 30.8 Å². The third-order valence-corrected chi connectivity index (χ3v) is 5.08. The Balaban J connectivity index is 2.34. The van der Waals surface area contributed by atoms with E-state index in [-0.39, 0.29) is 18.8 Å². The lowest BCUT2D eigenvalue weighted by molar-refractivity contribution is -0.873. The Morgan fingerprint density at radius 1 is 1.07 bits per heavy atom. The van der Waals surface area contributed by atoms with Gasteiger partial charge in [-0.1, -0.05) is 32.6 Å². The van der Waals surface area contributed by atoms with E-state index in [9.17, 15) is 14.7 Å². The Morgan fingerprint density at radius 3 is 2.37 bits per heavy atom. The van der Waals surface area contributed by atoms with Crippen molar-refractivity contribution in [1.82, 2.24) is 0 Å². The maximum absolute atomic E-state index is 12.1. The van der Waals surface area contributed by atoms with Crippen LogP contribution < -0.4 is 5.11 Å². The number of hydrogen-bond donors (Lipinski definition) is 0. The van der Waals surface area contributed by atoms with Gasteiger partial charge >= 0.3 is 5.97 Å². The predicted octanol–water partition coefficient (Wildman–Crippen LogP) is 3.57. The number of esters is 1. The summed E-state index contributed by atoms with van der Waals surface area (Å²) in [5.41, 5.74) is 1.18. The van der Waals surface area contributed by atoms with Crippen LogP contribution in [0.4, 0.5) is 0 Å². The highest BCUT2D eigenvalue weighted by Gasteiger charge is 2.22. The van der Waals surface area contributed by atoms with Crippen LogP contribution in [0.2, 0.25) is 0 Å². The molecule has 0 N–H and O–H groups in total. The third-order valence-electron chi connectivity index (χ3n) is 5.08. The molecule has 0 bridgehead atoms. The minimum absolute atomic E-state index is 0.270. The van der Waals surface area contributed by atoms with Gasteiger partial charge in [0, 0.05) is 31.7 Å². The van der Waals surface area contributed by atoms with Crippen molar-refractivity contribution < 1.29 is 28.3 Å². The van der Waals surface area contributed by atoms with Crippen molar-refractivity contribution in [3.05, 3.63) is 23.2 Å². The molecular weight excluding hydrogens is 382 g/mol. The number of aryl methyl sites for hydroxylation is 3. The van der Waals surface area contributed by atoms with Gasteiger partial charge in [-0.25, -0.2) is 0 Å². The lowest BCUT2D eigenvalue weighted by atomic mass is 10.1. The summed E-state index contributed by atoms with van der Waals surface area (Å²) in [6, 6.07) is 2.14. The summed E-state index contributed by atoms with van der Waals surface area (Å²) in [5.74, 6) is 0.518. The smallest absolute Gasteiger partial charge is 0.306 e. The quantitative estimate of drug-likeness (QED) is 0.231. The fourth-order valence-corrected chi connectivity index (χ4v) is 3.60. The van der Waals surface area contributed by atoms with Crippen LogP contribution in [0.3, 0.4) is 0 Å². The van der Waals surface area contributed by atoms with Gasteiger partial charge in [-0.2, -0.15) is 0 Å². The van der Waals surface area contributed by atoms with Gasteiger partial charge in [0.05, 0.1) is 21.1 Å². The molecule has 30 heavy (non-hydrogen) atoms. The Morgan fingerprint density at radius 2 is 1.73 bits per heavy atom. The predicted molar refractivity (Wildman–Crippen MR) is 116 cm³/mol. The van der Waals surface area contributed by atoms with Crippen molar-refractivity contribution in [1.29, 1.82) is 0 Å². The molecule has 1 heterocycles. The number of furan rings is 1. The van der Waals surface area contributed by atoms with Gasteiger partial charge in [-0.3, -0.25) is 4.79 Å². The van der Waals surface area contributed by atoms with Gasteiger partial charge < -0.3 is 23.5 Å². The number of carboxylic acids is 1. The van der Waals surface area contributed by atoms with Crippen LogP contribution in [0.1, 0.15) is 81.8 Å². The molecule has 1 rings (SSSR count). The molecule has 0 aliphatic rings. The molecule has 1 aromatic rings. The van der Waals surface area contributed by atoms with Gasteiger partial charge in [0.1, 0.15) is 18.1 Å². The number of nitrogens with zero attached hydrogens (tertiary/aromatic N) is 1. The first-order valence-electron chi connectivity index (χ1n) is 11.4. The Hall–Kier alpha value is -1.82. The van der Waals surface area contributed by atoms with Crippen LogP contribution in [-0.4, -0.2) is 50.2 Å². The van der Waals surface area contributed by atoms with Gasteiger partial charge in [0.2, 0.25) is 0 Å². The number of unbranched alkanes of at least 4 members (excludes halogenated alkanes) is 5. The molecule has 6 nitrogen and oxygen atoms in total. The number of likely N-dealkylation sites (N-methyl/N-ethyl adjacent to an activating group) is 1. The minimum Gasteiger partial charge on any atom is -0.550 e. The van der Waals surface area contributed by atoms with Crippen molar-refractivity contribution >= 4 is 11.9 Å². The normalized spacial score (nSPS) is 12.7. The monoisotopic (exact) mass is 423 g/mol. The fourth-order valence-electron chi connectivity index (χ4n) is 3.60. The average Bonchev–Trinajstić information content (AvgIpc) is 2.96. The van der Waals surface area contributed by atoms with E-state index in [2.05, 4.69) is 19.9 Å². The van der Waals surface area contributed by atoms with E-state index in [4.69, 9.17) is 9.15 Å². The van der Waals surface area contributed by atoms with E-state index in [0.29, 0.717) is 17.4 Å². The first kappa shape index (κ1) is 26.2. The minimum atomic E-state index is -1.20. The number of quaternary nitrogens is 1. The van der Waals surface area contributed by atoms with Gasteiger partial charge in [-0.15, -0.1) is 0 Å². The zero-order valence-corrected chi connectivity index (χ0v) is 19.6. The molecule has 0 radical (unpaired) electrons. The molecule has 0 aliphatic heterocycles. The number of carboxylic acid groups (broad SMARTS) is 1. The third kappa shape index (κ3) is 12.0. The first-order valence-corrected chi connectivity index (χ1v) is 11.4. The summed E-state index contributed by atoms with van der Waals surface area (Å²) >= 11 is 0.